The molecule has 0 spiro atoms. The van der Waals surface area contributed by atoms with Crippen molar-refractivity contribution >= 4 is 11.6 Å². The van der Waals surface area contributed by atoms with Crippen LogP contribution < -0.4 is 0 Å². The molecule has 2 atom stereocenters. The van der Waals surface area contributed by atoms with Crippen LogP contribution in [0.1, 0.15) is 25.3 Å². The van der Waals surface area contributed by atoms with Gasteiger partial charge in [-0.05, 0) is 30.4 Å². The van der Waals surface area contributed by atoms with Gasteiger partial charge in [-0.25, -0.2) is 4.39 Å². The zero-order valence-electron chi connectivity index (χ0n) is 8.26. The minimum Gasteiger partial charge on any atom is -0.207 e. The summed E-state index contributed by atoms with van der Waals surface area (Å²) in [5.41, 5.74) is 0.890. The molecule has 1 fully saturated rings. The average molecular weight is 213 g/mol. The Morgan fingerprint density at radius 2 is 2.21 bits per heavy atom. The van der Waals surface area contributed by atoms with Gasteiger partial charge in [0.2, 0.25) is 0 Å². The van der Waals surface area contributed by atoms with Crippen LogP contribution in [-0.2, 0) is 5.41 Å². The molecule has 1 aliphatic carbocycles. The second kappa shape index (κ2) is 3.54. The van der Waals surface area contributed by atoms with Crippen molar-refractivity contribution in [1.29, 1.82) is 0 Å². The Hall–Kier alpha value is -0.560. The van der Waals surface area contributed by atoms with Crippen LogP contribution in [0.25, 0.3) is 0 Å². The fraction of sp³-hybridized carbons (Fsp3) is 0.500. The van der Waals surface area contributed by atoms with E-state index in [4.69, 9.17) is 11.6 Å². The van der Waals surface area contributed by atoms with E-state index in [1.54, 1.807) is 6.07 Å². The molecule has 0 nitrogen and oxygen atoms in total. The Morgan fingerprint density at radius 3 is 2.71 bits per heavy atom. The van der Waals surface area contributed by atoms with Gasteiger partial charge < -0.3 is 0 Å². The maximum absolute atomic E-state index is 13.6. The molecular formula is C12H14ClF. The molecule has 0 aromatic heterocycles. The molecule has 0 saturated heterocycles. The van der Waals surface area contributed by atoms with Crippen molar-refractivity contribution in [2.75, 3.05) is 5.88 Å². The van der Waals surface area contributed by atoms with Crippen LogP contribution >= 0.6 is 11.6 Å². The van der Waals surface area contributed by atoms with E-state index in [1.165, 1.54) is 6.07 Å². The summed E-state index contributed by atoms with van der Waals surface area (Å²) in [5.74, 6) is 1.02. The largest absolute Gasteiger partial charge is 0.207 e. The number of rotatable bonds is 3. The van der Waals surface area contributed by atoms with Gasteiger partial charge in [0.05, 0.1) is 0 Å². The van der Waals surface area contributed by atoms with E-state index in [0.29, 0.717) is 11.8 Å². The monoisotopic (exact) mass is 212 g/mol. The molecule has 0 radical (unpaired) electrons. The fourth-order valence-electron chi connectivity index (χ4n) is 2.40. The summed E-state index contributed by atoms with van der Waals surface area (Å²) < 4.78 is 13.6. The van der Waals surface area contributed by atoms with Crippen molar-refractivity contribution in [3.05, 3.63) is 35.6 Å². The molecule has 0 bridgehead atoms. The molecule has 14 heavy (non-hydrogen) atoms. The van der Waals surface area contributed by atoms with Crippen LogP contribution in [0.4, 0.5) is 4.39 Å². The van der Waals surface area contributed by atoms with Crippen molar-refractivity contribution in [2.45, 2.75) is 25.2 Å². The van der Waals surface area contributed by atoms with Gasteiger partial charge in [0, 0.05) is 11.3 Å². The van der Waals surface area contributed by atoms with Gasteiger partial charge in [0.15, 0.2) is 0 Å². The van der Waals surface area contributed by atoms with E-state index >= 15 is 0 Å². The summed E-state index contributed by atoms with van der Waals surface area (Å²) in [6, 6.07) is 7.07. The topological polar surface area (TPSA) is 0 Å². The standard InChI is InChI=1S/C12H14ClF/c1-2-12(7-9(12)8-13)10-5-3-4-6-11(10)14/h3-6,9H,2,7-8H2,1H3. The van der Waals surface area contributed by atoms with Crippen LogP contribution in [-0.4, -0.2) is 5.88 Å². The van der Waals surface area contributed by atoms with E-state index in [2.05, 4.69) is 6.92 Å². The van der Waals surface area contributed by atoms with Gasteiger partial charge >= 0.3 is 0 Å². The maximum Gasteiger partial charge on any atom is 0.126 e. The van der Waals surface area contributed by atoms with Crippen molar-refractivity contribution in [3.63, 3.8) is 0 Å². The number of hydrogen-bond acceptors (Lipinski definition) is 0. The van der Waals surface area contributed by atoms with Crippen LogP contribution in [0.3, 0.4) is 0 Å². The van der Waals surface area contributed by atoms with E-state index in [-0.39, 0.29) is 11.2 Å². The van der Waals surface area contributed by atoms with Crippen LogP contribution in [0, 0.1) is 11.7 Å². The van der Waals surface area contributed by atoms with Gasteiger partial charge in [0.1, 0.15) is 5.82 Å². The highest BCUT2D eigenvalue weighted by atomic mass is 35.5. The van der Waals surface area contributed by atoms with E-state index < -0.39 is 0 Å². The Bertz CT molecular complexity index is 337. The Labute approximate surface area is 89.1 Å². The minimum atomic E-state index is -0.0815. The lowest BCUT2D eigenvalue weighted by molar-refractivity contribution is 0.539. The molecule has 0 amide bonds. The van der Waals surface area contributed by atoms with Crippen LogP contribution in [0.15, 0.2) is 24.3 Å². The molecular weight excluding hydrogens is 199 g/mol. The predicted octanol–water partition coefficient (Wildman–Crippen LogP) is 3.73. The highest BCUT2D eigenvalue weighted by Gasteiger charge is 2.54. The van der Waals surface area contributed by atoms with Gasteiger partial charge in [-0.15, -0.1) is 11.6 Å². The third-order valence-electron chi connectivity index (χ3n) is 3.46. The molecule has 1 aromatic carbocycles. The van der Waals surface area contributed by atoms with Crippen LogP contribution in [0.2, 0.25) is 0 Å². The smallest absolute Gasteiger partial charge is 0.126 e. The Kier molecular flexibility index (Phi) is 2.52. The zero-order chi connectivity index (χ0) is 10.2. The fourth-order valence-corrected chi connectivity index (χ4v) is 2.81. The lowest BCUT2D eigenvalue weighted by atomic mass is 9.90. The molecule has 1 saturated carbocycles. The summed E-state index contributed by atoms with van der Waals surface area (Å²) in [5, 5.41) is 0. The molecule has 2 heteroatoms. The zero-order valence-corrected chi connectivity index (χ0v) is 9.02. The van der Waals surface area contributed by atoms with E-state index in [9.17, 15) is 4.39 Å². The summed E-state index contributed by atoms with van der Waals surface area (Å²) in [4.78, 5) is 0. The molecule has 2 rings (SSSR count). The molecule has 0 heterocycles. The average Bonchev–Trinajstić information content (AvgIpc) is 2.93. The molecule has 1 aromatic rings. The van der Waals surface area contributed by atoms with Gasteiger partial charge in [-0.2, -0.15) is 0 Å². The van der Waals surface area contributed by atoms with Gasteiger partial charge in [-0.3, -0.25) is 0 Å². The molecule has 1 aliphatic rings. The SMILES string of the molecule is CCC1(c2ccccc2F)CC1CCl. The molecule has 0 aliphatic heterocycles. The highest BCUT2D eigenvalue weighted by molar-refractivity contribution is 6.18. The number of benzene rings is 1. The molecule has 2 unspecified atom stereocenters. The Balaban J connectivity index is 2.35. The van der Waals surface area contributed by atoms with Crippen LogP contribution in [0.5, 0.6) is 0 Å². The normalized spacial score (nSPS) is 30.4. The third kappa shape index (κ3) is 1.35. The van der Waals surface area contributed by atoms with E-state index in [1.807, 2.05) is 12.1 Å². The van der Waals surface area contributed by atoms with Gasteiger partial charge in [-0.1, -0.05) is 25.1 Å². The van der Waals surface area contributed by atoms with Crippen molar-refractivity contribution < 1.29 is 4.39 Å². The van der Waals surface area contributed by atoms with Crippen molar-refractivity contribution in [3.8, 4) is 0 Å². The summed E-state index contributed by atoms with van der Waals surface area (Å²) in [6.45, 7) is 2.11. The van der Waals surface area contributed by atoms with Crippen molar-refractivity contribution in [2.24, 2.45) is 5.92 Å². The number of hydrogen-bond donors (Lipinski definition) is 0. The summed E-state index contributed by atoms with van der Waals surface area (Å²) in [7, 11) is 0. The van der Waals surface area contributed by atoms with Gasteiger partial charge in [0.25, 0.3) is 0 Å². The first-order chi connectivity index (χ1) is 6.74. The minimum absolute atomic E-state index is 0.0348. The summed E-state index contributed by atoms with van der Waals surface area (Å²) >= 11 is 5.84. The second-order valence-corrected chi connectivity index (χ2v) is 4.35. The lowest BCUT2D eigenvalue weighted by Gasteiger charge is -2.15. The first kappa shape index (κ1) is 9.97. The highest BCUT2D eigenvalue weighted by Crippen LogP contribution is 2.57. The second-order valence-electron chi connectivity index (χ2n) is 4.04. The third-order valence-corrected chi connectivity index (χ3v) is 3.83. The Morgan fingerprint density at radius 1 is 1.50 bits per heavy atom. The number of halogens is 2. The molecule has 76 valence electrons. The summed E-state index contributed by atoms with van der Waals surface area (Å²) in [6.07, 6.45) is 2.01. The lowest BCUT2D eigenvalue weighted by Crippen LogP contribution is -2.11. The first-order valence-corrected chi connectivity index (χ1v) is 5.59. The first-order valence-electron chi connectivity index (χ1n) is 5.05. The van der Waals surface area contributed by atoms with Crippen molar-refractivity contribution in [1.82, 2.24) is 0 Å². The quantitative estimate of drug-likeness (QED) is 0.670. The predicted molar refractivity (Wildman–Crippen MR) is 57.2 cm³/mol. The number of alkyl halides is 1. The molecule has 0 N–H and O–H groups in total. The maximum atomic E-state index is 13.6. The van der Waals surface area contributed by atoms with E-state index in [0.717, 1.165) is 18.4 Å².